The van der Waals surface area contributed by atoms with Crippen molar-refractivity contribution < 1.29 is 18.7 Å². The molecular formula is C16H17ClN2O4. The lowest BCUT2D eigenvalue weighted by Crippen LogP contribution is -2.32. The van der Waals surface area contributed by atoms with Crippen LogP contribution in [0.1, 0.15) is 18.7 Å². The van der Waals surface area contributed by atoms with Gasteiger partial charge in [0.25, 0.3) is 0 Å². The molecule has 7 heteroatoms. The van der Waals surface area contributed by atoms with Crippen molar-refractivity contribution in [1.29, 1.82) is 0 Å². The summed E-state index contributed by atoms with van der Waals surface area (Å²) in [6.45, 7) is 2.94. The molecule has 1 atom stereocenters. The quantitative estimate of drug-likeness (QED) is 0.878. The zero-order chi connectivity index (χ0) is 16.2. The summed E-state index contributed by atoms with van der Waals surface area (Å²) in [4.78, 5) is 12.0. The van der Waals surface area contributed by atoms with Crippen molar-refractivity contribution in [3.8, 4) is 11.5 Å². The van der Waals surface area contributed by atoms with Gasteiger partial charge in [-0.1, -0.05) is 11.6 Å². The third-order valence-corrected chi connectivity index (χ3v) is 3.73. The number of ether oxygens (including phenoxy) is 2. The van der Waals surface area contributed by atoms with E-state index in [1.54, 1.807) is 24.5 Å². The second kappa shape index (κ2) is 6.83. The highest BCUT2D eigenvalue weighted by molar-refractivity contribution is 6.33. The fourth-order valence-corrected chi connectivity index (χ4v) is 2.50. The highest BCUT2D eigenvalue weighted by Gasteiger charge is 2.16. The van der Waals surface area contributed by atoms with Crippen molar-refractivity contribution in [1.82, 2.24) is 5.32 Å². The summed E-state index contributed by atoms with van der Waals surface area (Å²) in [5.41, 5.74) is 0.622. The van der Waals surface area contributed by atoms with Crippen LogP contribution >= 0.6 is 11.6 Å². The van der Waals surface area contributed by atoms with Crippen LogP contribution in [0.5, 0.6) is 11.5 Å². The van der Waals surface area contributed by atoms with Crippen molar-refractivity contribution in [2.24, 2.45) is 0 Å². The largest absolute Gasteiger partial charge is 0.486 e. The number of carbonyl (C=O) groups is 1. The molecule has 23 heavy (non-hydrogen) atoms. The monoisotopic (exact) mass is 336 g/mol. The van der Waals surface area contributed by atoms with Gasteiger partial charge in [0.1, 0.15) is 19.0 Å². The average molecular weight is 337 g/mol. The number of halogens is 1. The van der Waals surface area contributed by atoms with Gasteiger partial charge < -0.3 is 24.5 Å². The number of rotatable bonds is 5. The van der Waals surface area contributed by atoms with Crippen LogP contribution in [0.2, 0.25) is 5.02 Å². The number of hydrogen-bond donors (Lipinski definition) is 2. The van der Waals surface area contributed by atoms with Crippen LogP contribution in [0, 0.1) is 0 Å². The van der Waals surface area contributed by atoms with E-state index in [0.29, 0.717) is 41.2 Å². The van der Waals surface area contributed by atoms with Gasteiger partial charge in [-0.05, 0) is 19.1 Å². The minimum atomic E-state index is -0.199. The van der Waals surface area contributed by atoms with Gasteiger partial charge in [0.2, 0.25) is 5.91 Å². The summed E-state index contributed by atoms with van der Waals surface area (Å²) >= 11 is 6.19. The molecule has 1 aromatic carbocycles. The van der Waals surface area contributed by atoms with Crippen LogP contribution < -0.4 is 20.1 Å². The van der Waals surface area contributed by atoms with E-state index in [4.69, 9.17) is 25.5 Å². The standard InChI is InChI=1S/C16H17ClN2O4/c1-10(13-3-2-4-21-13)19-16(20)9-18-12-8-15-14(7-11(12)17)22-5-6-23-15/h2-4,7-8,10,18H,5-6,9H2,1H3,(H,19,20)/t10-/m0/s1. The Balaban J connectivity index is 1.58. The molecule has 0 bridgehead atoms. The number of benzene rings is 1. The van der Waals surface area contributed by atoms with E-state index >= 15 is 0 Å². The molecule has 3 rings (SSSR count). The van der Waals surface area contributed by atoms with Gasteiger partial charge in [0.15, 0.2) is 11.5 Å². The maximum Gasteiger partial charge on any atom is 0.239 e. The normalized spacial score (nSPS) is 14.2. The molecule has 0 saturated heterocycles. The molecule has 0 aliphatic carbocycles. The lowest BCUT2D eigenvalue weighted by atomic mass is 10.2. The summed E-state index contributed by atoms with van der Waals surface area (Å²) in [5, 5.41) is 6.32. The zero-order valence-electron chi connectivity index (χ0n) is 12.6. The van der Waals surface area contributed by atoms with Gasteiger partial charge in [-0.25, -0.2) is 0 Å². The van der Waals surface area contributed by atoms with Gasteiger partial charge in [-0.2, -0.15) is 0 Å². The summed E-state index contributed by atoms with van der Waals surface area (Å²) < 4.78 is 16.2. The lowest BCUT2D eigenvalue weighted by molar-refractivity contribution is -0.120. The number of fused-ring (bicyclic) bond motifs is 1. The SMILES string of the molecule is C[C@H](NC(=O)CNc1cc2c(cc1Cl)OCCO2)c1ccco1. The molecule has 0 saturated carbocycles. The van der Waals surface area contributed by atoms with E-state index < -0.39 is 0 Å². The molecule has 1 aromatic heterocycles. The van der Waals surface area contributed by atoms with E-state index in [0.717, 1.165) is 0 Å². The van der Waals surface area contributed by atoms with Crippen LogP contribution in [0.4, 0.5) is 5.69 Å². The first-order valence-electron chi connectivity index (χ1n) is 7.29. The van der Waals surface area contributed by atoms with Crippen LogP contribution in [-0.4, -0.2) is 25.7 Å². The van der Waals surface area contributed by atoms with Crippen molar-refractivity contribution in [2.45, 2.75) is 13.0 Å². The first-order valence-corrected chi connectivity index (χ1v) is 7.67. The van der Waals surface area contributed by atoms with E-state index in [9.17, 15) is 4.79 Å². The molecular weight excluding hydrogens is 320 g/mol. The Bertz CT molecular complexity index is 688. The highest BCUT2D eigenvalue weighted by atomic mass is 35.5. The topological polar surface area (TPSA) is 72.7 Å². The molecule has 1 amide bonds. The lowest BCUT2D eigenvalue weighted by Gasteiger charge is -2.20. The smallest absolute Gasteiger partial charge is 0.239 e. The summed E-state index contributed by atoms with van der Waals surface area (Å²) in [6.07, 6.45) is 1.57. The molecule has 1 aliphatic rings. The van der Waals surface area contributed by atoms with Gasteiger partial charge in [-0.15, -0.1) is 0 Å². The van der Waals surface area contributed by atoms with Crippen molar-refractivity contribution in [2.75, 3.05) is 25.1 Å². The Morgan fingerprint density at radius 2 is 2.04 bits per heavy atom. The van der Waals surface area contributed by atoms with Crippen molar-refractivity contribution in [3.05, 3.63) is 41.3 Å². The average Bonchev–Trinajstić information content (AvgIpc) is 3.07. The minimum absolute atomic E-state index is 0.0877. The Morgan fingerprint density at radius 1 is 1.30 bits per heavy atom. The number of nitrogens with one attached hydrogen (secondary N) is 2. The van der Waals surface area contributed by atoms with E-state index in [1.165, 1.54) is 0 Å². The number of hydrogen-bond acceptors (Lipinski definition) is 5. The predicted molar refractivity (Wildman–Crippen MR) is 86.2 cm³/mol. The molecule has 0 unspecified atom stereocenters. The van der Waals surface area contributed by atoms with Crippen LogP contribution in [-0.2, 0) is 4.79 Å². The fourth-order valence-electron chi connectivity index (χ4n) is 2.28. The predicted octanol–water partition coefficient (Wildman–Crippen LogP) is 2.99. The zero-order valence-corrected chi connectivity index (χ0v) is 13.4. The van der Waals surface area contributed by atoms with Gasteiger partial charge in [-0.3, -0.25) is 4.79 Å². The summed E-state index contributed by atoms with van der Waals surface area (Å²) in [6, 6.07) is 6.82. The van der Waals surface area contributed by atoms with E-state index in [-0.39, 0.29) is 18.5 Å². The van der Waals surface area contributed by atoms with Gasteiger partial charge in [0.05, 0.1) is 29.6 Å². The van der Waals surface area contributed by atoms with Gasteiger partial charge in [0, 0.05) is 12.1 Å². The third-order valence-electron chi connectivity index (χ3n) is 3.42. The Kier molecular flexibility index (Phi) is 4.62. The second-order valence-corrected chi connectivity index (χ2v) is 5.54. The molecule has 2 heterocycles. The molecule has 122 valence electrons. The molecule has 0 radical (unpaired) electrons. The first-order chi connectivity index (χ1) is 11.1. The van der Waals surface area contributed by atoms with Crippen LogP contribution in [0.3, 0.4) is 0 Å². The van der Waals surface area contributed by atoms with E-state index in [1.807, 2.05) is 13.0 Å². The molecule has 1 aliphatic heterocycles. The number of furan rings is 1. The maximum absolute atomic E-state index is 12.0. The maximum atomic E-state index is 12.0. The number of anilines is 1. The van der Waals surface area contributed by atoms with Crippen molar-refractivity contribution >= 4 is 23.2 Å². The Labute approximate surface area is 138 Å². The van der Waals surface area contributed by atoms with Crippen molar-refractivity contribution in [3.63, 3.8) is 0 Å². The fraction of sp³-hybridized carbons (Fsp3) is 0.312. The summed E-state index contributed by atoms with van der Waals surface area (Å²) in [5.74, 6) is 1.77. The highest BCUT2D eigenvalue weighted by Crippen LogP contribution is 2.37. The molecule has 6 nitrogen and oxygen atoms in total. The van der Waals surface area contributed by atoms with Crippen LogP contribution in [0.15, 0.2) is 34.9 Å². The third kappa shape index (κ3) is 3.71. The minimum Gasteiger partial charge on any atom is -0.486 e. The molecule has 0 spiro atoms. The molecule has 2 N–H and O–H groups in total. The van der Waals surface area contributed by atoms with Gasteiger partial charge >= 0.3 is 0 Å². The Hall–Kier alpha value is -2.34. The van der Waals surface area contributed by atoms with Crippen LogP contribution in [0.25, 0.3) is 0 Å². The van der Waals surface area contributed by atoms with E-state index in [2.05, 4.69) is 10.6 Å². The second-order valence-electron chi connectivity index (χ2n) is 5.13. The summed E-state index contributed by atoms with van der Waals surface area (Å²) in [7, 11) is 0. The Morgan fingerprint density at radius 3 is 2.74 bits per heavy atom. The number of carbonyl (C=O) groups excluding carboxylic acids is 1. The molecule has 0 fully saturated rings. The first kappa shape index (κ1) is 15.6. The molecule has 2 aromatic rings. The number of amides is 1.